The summed E-state index contributed by atoms with van der Waals surface area (Å²) >= 11 is 6.17. The Kier molecular flexibility index (Phi) is 13.6. The highest BCUT2D eigenvalue weighted by Crippen LogP contribution is 2.44. The molecule has 0 atom stereocenters. The molecular weight excluding hydrogens is 904 g/mol. The van der Waals surface area contributed by atoms with Gasteiger partial charge in [0.15, 0.2) is 17.3 Å². The summed E-state index contributed by atoms with van der Waals surface area (Å²) in [7, 11) is 1.79. The van der Waals surface area contributed by atoms with Crippen molar-refractivity contribution in [2.75, 3.05) is 36.0 Å². The van der Waals surface area contributed by atoms with Crippen molar-refractivity contribution in [1.29, 1.82) is 5.26 Å². The van der Waals surface area contributed by atoms with Crippen LogP contribution in [-0.4, -0.2) is 97.0 Å². The second kappa shape index (κ2) is 20.1. The van der Waals surface area contributed by atoms with E-state index >= 15 is 0 Å². The van der Waals surface area contributed by atoms with E-state index in [1.54, 1.807) is 61.4 Å². The SMILES string of the molecule is CC(=O)N1CCc2c(c(N3CCCc4cc(-c5cnn(C)c5)c(C(F)F)cc43)nn2C2CCC(OC3CCN(c4ccc(C(=O)NC5CCC(Oc6ccc(C#N)c(Cl)c6)CC5)nn4)CC3)CC2)C1. The summed E-state index contributed by atoms with van der Waals surface area (Å²) in [4.78, 5) is 32.0. The molecule has 1 N–H and O–H groups in total. The fourth-order valence-electron chi connectivity index (χ4n) is 11.0. The van der Waals surface area contributed by atoms with E-state index in [9.17, 15) is 18.4 Å². The minimum atomic E-state index is -2.66. The van der Waals surface area contributed by atoms with Gasteiger partial charge in [0.1, 0.15) is 11.8 Å². The number of carbonyl (C=O) groups excluding carboxylic acids is 2. The third kappa shape index (κ3) is 10.0. The van der Waals surface area contributed by atoms with Crippen LogP contribution in [0.15, 0.2) is 54.9 Å². The Morgan fingerprint density at radius 2 is 1.67 bits per heavy atom. The highest BCUT2D eigenvalue weighted by Gasteiger charge is 2.36. The first-order valence-electron chi connectivity index (χ1n) is 24.5. The zero-order valence-corrected chi connectivity index (χ0v) is 39.9. The molecule has 5 aliphatic rings. The molecule has 0 bridgehead atoms. The van der Waals surface area contributed by atoms with Crippen LogP contribution < -0.4 is 19.9 Å². The first kappa shape index (κ1) is 46.6. The van der Waals surface area contributed by atoms with Crippen LogP contribution in [0.3, 0.4) is 0 Å². The lowest BCUT2D eigenvalue weighted by Gasteiger charge is -2.37. The van der Waals surface area contributed by atoms with E-state index in [0.29, 0.717) is 59.2 Å². The predicted molar refractivity (Wildman–Crippen MR) is 256 cm³/mol. The average molecular weight is 963 g/mol. The first-order valence-corrected chi connectivity index (χ1v) is 24.8. The molecular formula is C51H58ClF2N11O4. The molecule has 2 aliphatic carbocycles. The summed E-state index contributed by atoms with van der Waals surface area (Å²) in [5, 5.41) is 31.0. The molecule has 6 heterocycles. The molecule has 3 fully saturated rings. The smallest absolute Gasteiger partial charge is 0.272 e. The lowest BCUT2D eigenvalue weighted by atomic mass is 9.92. The zero-order valence-electron chi connectivity index (χ0n) is 39.1. The van der Waals surface area contributed by atoms with Crippen molar-refractivity contribution in [1.82, 2.24) is 40.0 Å². The number of halogens is 3. The molecule has 18 heteroatoms. The van der Waals surface area contributed by atoms with E-state index in [4.69, 9.17) is 31.4 Å². The van der Waals surface area contributed by atoms with Crippen LogP contribution in [0.4, 0.5) is 26.1 Å². The fraction of sp³-hybridized carbons (Fsp3) is 0.510. The molecule has 10 rings (SSSR count). The average Bonchev–Trinajstić information content (AvgIpc) is 3.98. The van der Waals surface area contributed by atoms with Gasteiger partial charge in [0.05, 0.1) is 47.7 Å². The molecule has 0 spiro atoms. The number of nitrogens with one attached hydrogen (secondary N) is 1. The summed E-state index contributed by atoms with van der Waals surface area (Å²) in [6, 6.07) is 14.5. The number of nitrogens with zero attached hydrogens (tertiary/aromatic N) is 10. The van der Waals surface area contributed by atoms with Gasteiger partial charge in [-0.15, -0.1) is 10.2 Å². The number of amides is 2. The van der Waals surface area contributed by atoms with Crippen molar-refractivity contribution in [3.63, 3.8) is 0 Å². The number of benzene rings is 2. The van der Waals surface area contributed by atoms with Crippen LogP contribution >= 0.6 is 11.6 Å². The van der Waals surface area contributed by atoms with E-state index in [1.165, 1.54) is 0 Å². The minimum Gasteiger partial charge on any atom is -0.490 e. The number of alkyl halides is 2. The summed E-state index contributed by atoms with van der Waals surface area (Å²) in [5.74, 6) is 1.94. The van der Waals surface area contributed by atoms with Crippen LogP contribution in [0.25, 0.3) is 11.1 Å². The summed E-state index contributed by atoms with van der Waals surface area (Å²) in [6.07, 6.45) is 11.9. The van der Waals surface area contributed by atoms with E-state index in [2.05, 4.69) is 41.2 Å². The third-order valence-electron chi connectivity index (χ3n) is 14.8. The topological polar surface area (TPSA) is 160 Å². The monoisotopic (exact) mass is 961 g/mol. The Labute approximate surface area is 405 Å². The molecule has 5 aromatic rings. The number of nitriles is 1. The number of aromatic nitrogens is 6. The number of rotatable bonds is 11. The highest BCUT2D eigenvalue weighted by atomic mass is 35.5. The normalized spacial score (nSPS) is 22.0. The van der Waals surface area contributed by atoms with Gasteiger partial charge < -0.3 is 29.5 Å². The van der Waals surface area contributed by atoms with Gasteiger partial charge in [-0.3, -0.25) is 19.0 Å². The van der Waals surface area contributed by atoms with Crippen molar-refractivity contribution in [3.05, 3.63) is 93.5 Å². The lowest BCUT2D eigenvalue weighted by Crippen LogP contribution is -2.40. The molecule has 0 unspecified atom stereocenters. The first-order chi connectivity index (χ1) is 33.5. The number of fused-ring (bicyclic) bond motifs is 2. The quantitative estimate of drug-likeness (QED) is 0.135. The molecule has 0 radical (unpaired) electrons. The number of hydrogen-bond donors (Lipinski definition) is 1. The molecule has 69 heavy (non-hydrogen) atoms. The Bertz CT molecular complexity index is 2720. The number of carbonyl (C=O) groups is 2. The number of anilines is 3. The standard InChI is InChI=1S/C51H58ClF2N11O4/c1-31(66)63-23-19-46-43(30-63)50(64-20-3-4-32-24-41(34-28-56-61(2)29-34)42(49(53)54)26-47(32)64)60-65(46)36-8-13-38(14-9-36)68-39-17-21-62(22-18-39)48-16-15-45(58-59-48)51(67)57-35-6-11-37(12-7-35)69-40-10-5-33(27-55)44(52)25-40/h5,10,15-16,24-26,28-29,35-39,49H,3-4,6-9,11-14,17-23,30H2,1-2H3,(H,57,67). The van der Waals surface area contributed by atoms with Gasteiger partial charge in [0.2, 0.25) is 5.91 Å². The molecule has 1 saturated heterocycles. The number of hydrogen-bond acceptors (Lipinski definition) is 11. The molecule has 2 saturated carbocycles. The van der Waals surface area contributed by atoms with Crippen molar-refractivity contribution in [2.45, 2.75) is 134 Å². The van der Waals surface area contributed by atoms with E-state index in [0.717, 1.165) is 124 Å². The van der Waals surface area contributed by atoms with Crippen LogP contribution in [-0.2, 0) is 36.0 Å². The number of ether oxygens (including phenoxy) is 2. The zero-order chi connectivity index (χ0) is 47.8. The molecule has 15 nitrogen and oxygen atoms in total. The fourth-order valence-corrected chi connectivity index (χ4v) is 11.3. The van der Waals surface area contributed by atoms with Crippen molar-refractivity contribution >= 4 is 40.7 Å². The van der Waals surface area contributed by atoms with Gasteiger partial charge in [0, 0.05) is 92.9 Å². The van der Waals surface area contributed by atoms with Crippen LogP contribution in [0.1, 0.15) is 128 Å². The second-order valence-electron chi connectivity index (χ2n) is 19.3. The van der Waals surface area contributed by atoms with Crippen molar-refractivity contribution < 1.29 is 27.8 Å². The predicted octanol–water partition coefficient (Wildman–Crippen LogP) is 8.81. The van der Waals surface area contributed by atoms with Gasteiger partial charge >= 0.3 is 0 Å². The molecule has 2 amide bonds. The molecule has 3 aromatic heterocycles. The maximum atomic E-state index is 14.8. The summed E-state index contributed by atoms with van der Waals surface area (Å²) < 4.78 is 46.2. The van der Waals surface area contributed by atoms with Gasteiger partial charge in [0.25, 0.3) is 12.3 Å². The van der Waals surface area contributed by atoms with Gasteiger partial charge in [-0.1, -0.05) is 11.6 Å². The maximum Gasteiger partial charge on any atom is 0.272 e. The van der Waals surface area contributed by atoms with Gasteiger partial charge in [-0.05, 0) is 125 Å². The van der Waals surface area contributed by atoms with Crippen LogP contribution in [0.2, 0.25) is 5.02 Å². The van der Waals surface area contributed by atoms with E-state index in [1.807, 2.05) is 17.0 Å². The molecule has 362 valence electrons. The Hall–Kier alpha value is -6.12. The summed E-state index contributed by atoms with van der Waals surface area (Å²) in [6.45, 7) is 4.88. The van der Waals surface area contributed by atoms with Crippen LogP contribution in [0.5, 0.6) is 5.75 Å². The Balaban J connectivity index is 0.724. The van der Waals surface area contributed by atoms with E-state index < -0.39 is 6.43 Å². The summed E-state index contributed by atoms with van der Waals surface area (Å²) in [5.41, 5.74) is 5.79. The number of aryl methyl sites for hydroxylation is 2. The maximum absolute atomic E-state index is 14.8. The van der Waals surface area contributed by atoms with Gasteiger partial charge in [-0.2, -0.15) is 15.5 Å². The highest BCUT2D eigenvalue weighted by molar-refractivity contribution is 6.31. The molecule has 3 aliphatic heterocycles. The van der Waals surface area contributed by atoms with E-state index in [-0.39, 0.29) is 47.8 Å². The largest absolute Gasteiger partial charge is 0.490 e. The van der Waals surface area contributed by atoms with Crippen LogP contribution in [0, 0.1) is 11.3 Å². The second-order valence-corrected chi connectivity index (χ2v) is 19.7. The molecule has 2 aromatic carbocycles. The number of piperidine rings is 1. The Morgan fingerprint density at radius 1 is 0.899 bits per heavy atom. The van der Waals surface area contributed by atoms with Gasteiger partial charge in [-0.25, -0.2) is 8.78 Å². The van der Waals surface area contributed by atoms with Crippen molar-refractivity contribution in [3.8, 4) is 22.9 Å². The van der Waals surface area contributed by atoms with Crippen molar-refractivity contribution in [2.24, 2.45) is 7.05 Å². The Morgan fingerprint density at radius 3 is 2.35 bits per heavy atom. The minimum absolute atomic E-state index is 0.0111. The third-order valence-corrected chi connectivity index (χ3v) is 15.1. The lowest BCUT2D eigenvalue weighted by molar-refractivity contribution is -0.129.